The molecule has 244 valence electrons. The highest BCUT2D eigenvalue weighted by molar-refractivity contribution is 6.74. The molecule has 0 saturated heterocycles. The molecule has 1 heterocycles. The van der Waals surface area contributed by atoms with E-state index in [0.29, 0.717) is 18.3 Å². The summed E-state index contributed by atoms with van der Waals surface area (Å²) in [5.74, 6) is 1.59. The van der Waals surface area contributed by atoms with Crippen molar-refractivity contribution in [2.24, 2.45) is 36.1 Å². The van der Waals surface area contributed by atoms with Crippen LogP contribution in [0.5, 0.6) is 0 Å². The molecule has 0 bridgehead atoms. The smallest absolute Gasteiger partial charge is 0.306 e. The number of imidazole rings is 1. The molecule has 0 amide bonds. The maximum Gasteiger partial charge on any atom is 0.306 e. The molecular formula is C37H58N2O4Si. The van der Waals surface area contributed by atoms with Crippen molar-refractivity contribution in [3.63, 3.8) is 0 Å². The lowest BCUT2D eigenvalue weighted by Crippen LogP contribution is -2.49. The Bertz CT molecular complexity index is 1350. The first kappa shape index (κ1) is 36.0. The first-order chi connectivity index (χ1) is 20.3. The zero-order valence-corrected chi connectivity index (χ0v) is 30.3. The molecule has 44 heavy (non-hydrogen) atoms. The minimum absolute atomic E-state index is 0.0246. The molecular weight excluding hydrogens is 565 g/mol. The minimum atomic E-state index is -2.13. The Labute approximate surface area is 267 Å². The number of fused-ring (bicyclic) bond motifs is 1. The molecule has 1 aromatic carbocycles. The summed E-state index contributed by atoms with van der Waals surface area (Å²) in [6.45, 7) is 28.9. The van der Waals surface area contributed by atoms with E-state index in [-0.39, 0.29) is 47.3 Å². The molecule has 6 atom stereocenters. The molecule has 1 aliphatic rings. The van der Waals surface area contributed by atoms with Crippen LogP contribution in [0.3, 0.4) is 0 Å². The average Bonchev–Trinajstić information content (AvgIpc) is 3.62. The lowest BCUT2D eigenvalue weighted by Gasteiger charge is -2.43. The third-order valence-corrected chi connectivity index (χ3v) is 15.0. The fourth-order valence-electron chi connectivity index (χ4n) is 6.00. The van der Waals surface area contributed by atoms with Crippen LogP contribution in [0.2, 0.25) is 18.1 Å². The number of ketones is 1. The van der Waals surface area contributed by atoms with E-state index in [4.69, 9.17) is 14.1 Å². The number of benzene rings is 1. The molecule has 0 radical (unpaired) electrons. The number of rotatable bonds is 16. The number of carbonyl (C=O) groups is 2. The Hall–Kier alpha value is -2.51. The molecule has 1 fully saturated rings. The Kier molecular flexibility index (Phi) is 11.3. The van der Waals surface area contributed by atoms with Crippen LogP contribution in [0.1, 0.15) is 98.1 Å². The summed E-state index contributed by atoms with van der Waals surface area (Å²) in [4.78, 5) is 32.0. The number of hydrogen-bond acceptors (Lipinski definition) is 5. The van der Waals surface area contributed by atoms with Crippen molar-refractivity contribution in [2.45, 2.75) is 118 Å². The maximum absolute atomic E-state index is 14.0. The monoisotopic (exact) mass is 622 g/mol. The van der Waals surface area contributed by atoms with Crippen molar-refractivity contribution in [1.29, 1.82) is 0 Å². The SMILES string of the molecule is C=CC[C@@H]1C[C@H]1C[C@H](OC(=O)CCC(C)(C)C(=O)[C@H](C)[C@@H](O[Si](C)(C)C(C)(C)C)[C@@H](C)C=C)c1ccc2c(c1)nc(C)n2C. The molecule has 7 heteroatoms. The normalized spacial score (nSPS) is 20.1. The highest BCUT2D eigenvalue weighted by atomic mass is 28.4. The number of Topliss-reactive ketones (excluding diaryl/α,β-unsaturated/α-hetero) is 1. The van der Waals surface area contributed by atoms with Crippen LogP contribution in [0.4, 0.5) is 0 Å². The average molecular weight is 623 g/mol. The summed E-state index contributed by atoms with van der Waals surface area (Å²) in [6, 6.07) is 6.18. The van der Waals surface area contributed by atoms with Gasteiger partial charge in [-0.3, -0.25) is 9.59 Å². The molecule has 0 spiro atoms. The summed E-state index contributed by atoms with van der Waals surface area (Å²) in [5.41, 5.74) is 2.23. The number of aromatic nitrogens is 2. The van der Waals surface area contributed by atoms with Crippen LogP contribution in [0.25, 0.3) is 11.0 Å². The highest BCUT2D eigenvalue weighted by Gasteiger charge is 2.44. The van der Waals surface area contributed by atoms with Crippen LogP contribution in [0, 0.1) is 36.0 Å². The standard InChI is InChI=1S/C37H58N2O4Si/c1-14-16-27-21-29(27)23-32(28-17-18-31-30(22-28)38-26(5)39(31)11)42-33(40)19-20-37(9,10)35(41)25(4)34(24(3)15-2)43-44(12,13)36(6,7)8/h14-15,17-18,22,24-25,27,29,32,34H,1-2,16,19-21,23H2,3-13H3/t24-,25+,27+,29-,32-,34-/m0/s1. The fourth-order valence-corrected chi connectivity index (χ4v) is 7.46. The van der Waals surface area contributed by atoms with Gasteiger partial charge in [0, 0.05) is 24.8 Å². The first-order valence-electron chi connectivity index (χ1n) is 16.4. The van der Waals surface area contributed by atoms with Crippen molar-refractivity contribution >= 4 is 31.1 Å². The molecule has 2 aromatic rings. The van der Waals surface area contributed by atoms with Gasteiger partial charge in [-0.25, -0.2) is 4.98 Å². The lowest BCUT2D eigenvalue weighted by atomic mass is 9.75. The van der Waals surface area contributed by atoms with Crippen LogP contribution in [0.15, 0.2) is 43.5 Å². The van der Waals surface area contributed by atoms with Crippen molar-refractivity contribution in [1.82, 2.24) is 9.55 Å². The summed E-state index contributed by atoms with van der Waals surface area (Å²) >= 11 is 0. The maximum atomic E-state index is 14.0. The van der Waals surface area contributed by atoms with Gasteiger partial charge in [0.15, 0.2) is 8.32 Å². The predicted octanol–water partition coefficient (Wildman–Crippen LogP) is 9.29. The van der Waals surface area contributed by atoms with Crippen molar-refractivity contribution < 1.29 is 18.8 Å². The van der Waals surface area contributed by atoms with Gasteiger partial charge in [-0.15, -0.1) is 13.2 Å². The summed E-state index contributed by atoms with van der Waals surface area (Å²) in [7, 11) is -0.116. The van der Waals surface area contributed by atoms with E-state index in [0.717, 1.165) is 41.7 Å². The number of nitrogens with zero attached hydrogens (tertiary/aromatic N) is 2. The van der Waals surface area contributed by atoms with Crippen LogP contribution < -0.4 is 0 Å². The van der Waals surface area contributed by atoms with Gasteiger partial charge < -0.3 is 13.7 Å². The van der Waals surface area contributed by atoms with Gasteiger partial charge in [-0.1, -0.05) is 66.7 Å². The van der Waals surface area contributed by atoms with E-state index in [9.17, 15) is 9.59 Å². The zero-order valence-electron chi connectivity index (χ0n) is 29.3. The Morgan fingerprint density at radius 2 is 1.80 bits per heavy atom. The minimum Gasteiger partial charge on any atom is -0.457 e. The van der Waals surface area contributed by atoms with Crippen LogP contribution in [-0.2, 0) is 25.8 Å². The second-order valence-electron chi connectivity index (χ2n) is 15.4. The van der Waals surface area contributed by atoms with Gasteiger partial charge >= 0.3 is 5.97 Å². The van der Waals surface area contributed by atoms with E-state index < -0.39 is 13.7 Å². The topological polar surface area (TPSA) is 70.4 Å². The highest BCUT2D eigenvalue weighted by Crippen LogP contribution is 2.48. The molecule has 3 rings (SSSR count). The quantitative estimate of drug-likeness (QED) is 0.106. The molecule has 6 nitrogen and oxygen atoms in total. The Balaban J connectivity index is 1.73. The number of hydrogen-bond donors (Lipinski definition) is 0. The predicted molar refractivity (Wildman–Crippen MR) is 184 cm³/mol. The van der Waals surface area contributed by atoms with Crippen LogP contribution in [-0.4, -0.2) is 35.7 Å². The second kappa shape index (κ2) is 13.9. The summed E-state index contributed by atoms with van der Waals surface area (Å²) in [5, 5.41) is 0.0246. The largest absolute Gasteiger partial charge is 0.457 e. The van der Waals surface area contributed by atoms with E-state index in [2.05, 4.69) is 76.7 Å². The molecule has 1 aromatic heterocycles. The Morgan fingerprint density at radius 1 is 1.14 bits per heavy atom. The molecule has 0 aliphatic heterocycles. The lowest BCUT2D eigenvalue weighted by molar-refractivity contribution is -0.151. The third-order valence-electron chi connectivity index (χ3n) is 10.5. The first-order valence-corrected chi connectivity index (χ1v) is 19.3. The molecule has 1 saturated carbocycles. The van der Waals surface area contributed by atoms with E-state index in [1.165, 1.54) is 0 Å². The third kappa shape index (κ3) is 8.39. The van der Waals surface area contributed by atoms with Gasteiger partial charge in [-0.2, -0.15) is 0 Å². The zero-order chi connectivity index (χ0) is 33.2. The molecule has 1 aliphatic carbocycles. The van der Waals surface area contributed by atoms with Gasteiger partial charge in [0.25, 0.3) is 0 Å². The molecule has 0 N–H and O–H groups in total. The summed E-state index contributed by atoms with van der Waals surface area (Å²) in [6.07, 6.45) is 6.76. The fraction of sp³-hybridized carbons (Fsp3) is 0.649. The summed E-state index contributed by atoms with van der Waals surface area (Å²) < 4.78 is 15.1. The number of allylic oxidation sites excluding steroid dienone is 1. The number of carbonyl (C=O) groups excluding carboxylic acids is 2. The second-order valence-corrected chi connectivity index (χ2v) is 20.2. The van der Waals surface area contributed by atoms with Gasteiger partial charge in [-0.05, 0) is 86.2 Å². The van der Waals surface area contributed by atoms with Gasteiger partial charge in [0.05, 0.1) is 17.1 Å². The van der Waals surface area contributed by atoms with Gasteiger partial charge in [0.2, 0.25) is 0 Å². The van der Waals surface area contributed by atoms with Crippen molar-refractivity contribution in [3.05, 3.63) is 54.9 Å². The van der Waals surface area contributed by atoms with Gasteiger partial charge in [0.1, 0.15) is 17.7 Å². The van der Waals surface area contributed by atoms with Crippen LogP contribution >= 0.6 is 0 Å². The number of ether oxygens (including phenoxy) is 1. The molecule has 0 unspecified atom stereocenters. The van der Waals surface area contributed by atoms with Crippen molar-refractivity contribution in [3.8, 4) is 0 Å². The van der Waals surface area contributed by atoms with E-state index >= 15 is 0 Å². The van der Waals surface area contributed by atoms with E-state index in [1.54, 1.807) is 0 Å². The van der Waals surface area contributed by atoms with Crippen molar-refractivity contribution in [2.75, 3.05) is 0 Å². The number of esters is 1. The Morgan fingerprint density at radius 3 is 2.39 bits per heavy atom. The number of aryl methyl sites for hydroxylation is 2. The van der Waals surface area contributed by atoms with E-state index in [1.807, 2.05) is 46.9 Å².